The molecule has 1 aliphatic rings. The van der Waals surface area contributed by atoms with Gasteiger partial charge >= 0.3 is 0 Å². The summed E-state index contributed by atoms with van der Waals surface area (Å²) in [7, 11) is 0. The van der Waals surface area contributed by atoms with Crippen molar-refractivity contribution in [3.8, 4) is 0 Å². The summed E-state index contributed by atoms with van der Waals surface area (Å²) in [6.07, 6.45) is 4.21. The Hall–Kier alpha value is -2.33. The van der Waals surface area contributed by atoms with Gasteiger partial charge in [0.25, 0.3) is 0 Å². The van der Waals surface area contributed by atoms with Crippen molar-refractivity contribution in [1.82, 2.24) is 9.97 Å². The minimum atomic E-state index is 0.465. The Kier molecular flexibility index (Phi) is 3.98. The quantitative estimate of drug-likeness (QED) is 0.687. The SMILES string of the molecule is Cc1cc(N2CCCC2)c2ccc(Nc3cccnc3Cl)cc2n1. The molecule has 0 unspecified atom stereocenters. The summed E-state index contributed by atoms with van der Waals surface area (Å²) in [5.74, 6) is 0. The lowest BCUT2D eigenvalue weighted by Crippen LogP contribution is -2.18. The molecule has 3 aromatic rings. The first-order valence-electron chi connectivity index (χ1n) is 8.24. The van der Waals surface area contributed by atoms with Crippen LogP contribution in [0.5, 0.6) is 0 Å². The van der Waals surface area contributed by atoms with E-state index < -0.39 is 0 Å². The number of rotatable bonds is 3. The van der Waals surface area contributed by atoms with Gasteiger partial charge in [-0.3, -0.25) is 4.98 Å². The molecule has 1 aliphatic heterocycles. The lowest BCUT2D eigenvalue weighted by molar-refractivity contribution is 0.949. The molecule has 4 rings (SSSR count). The highest BCUT2D eigenvalue weighted by Crippen LogP contribution is 2.32. The number of halogens is 1. The van der Waals surface area contributed by atoms with Crippen LogP contribution in [0.25, 0.3) is 10.9 Å². The van der Waals surface area contributed by atoms with Crippen LogP contribution in [0.1, 0.15) is 18.5 Å². The molecule has 0 radical (unpaired) electrons. The molecular formula is C19H19ClN4. The maximum atomic E-state index is 6.13. The van der Waals surface area contributed by atoms with Crippen LogP contribution in [0.2, 0.25) is 5.15 Å². The molecule has 4 nitrogen and oxygen atoms in total. The fourth-order valence-corrected chi connectivity index (χ4v) is 3.44. The largest absolute Gasteiger partial charge is 0.371 e. The van der Waals surface area contributed by atoms with Crippen molar-refractivity contribution in [2.24, 2.45) is 0 Å². The number of nitrogens with zero attached hydrogens (tertiary/aromatic N) is 3. The van der Waals surface area contributed by atoms with Crippen molar-refractivity contribution in [3.05, 3.63) is 53.4 Å². The van der Waals surface area contributed by atoms with Gasteiger partial charge in [-0.2, -0.15) is 0 Å². The van der Waals surface area contributed by atoms with Gasteiger partial charge in [0, 0.05) is 41.7 Å². The Morgan fingerprint density at radius 1 is 1.12 bits per heavy atom. The molecule has 1 N–H and O–H groups in total. The first-order valence-corrected chi connectivity index (χ1v) is 8.62. The Bertz CT molecular complexity index is 888. The van der Waals surface area contributed by atoms with Gasteiger partial charge < -0.3 is 10.2 Å². The number of hydrogen-bond donors (Lipinski definition) is 1. The number of pyridine rings is 2. The molecule has 1 fully saturated rings. The number of anilines is 3. The summed E-state index contributed by atoms with van der Waals surface area (Å²) in [6.45, 7) is 4.31. The fourth-order valence-electron chi connectivity index (χ4n) is 3.27. The average molecular weight is 339 g/mol. The number of benzene rings is 1. The molecular weight excluding hydrogens is 320 g/mol. The molecule has 24 heavy (non-hydrogen) atoms. The molecule has 122 valence electrons. The Morgan fingerprint density at radius 2 is 1.96 bits per heavy atom. The predicted octanol–water partition coefficient (Wildman–Crippen LogP) is 4.94. The summed E-state index contributed by atoms with van der Waals surface area (Å²) in [4.78, 5) is 11.3. The highest BCUT2D eigenvalue weighted by Gasteiger charge is 2.16. The minimum absolute atomic E-state index is 0.465. The van der Waals surface area contributed by atoms with Crippen LogP contribution >= 0.6 is 11.6 Å². The van der Waals surface area contributed by atoms with Crippen LogP contribution in [0.3, 0.4) is 0 Å². The van der Waals surface area contributed by atoms with Gasteiger partial charge in [0.05, 0.1) is 11.2 Å². The second-order valence-electron chi connectivity index (χ2n) is 6.18. The molecule has 0 aliphatic carbocycles. The zero-order valence-electron chi connectivity index (χ0n) is 13.6. The van der Waals surface area contributed by atoms with E-state index in [0.29, 0.717) is 5.15 Å². The Labute approximate surface area is 146 Å². The van der Waals surface area contributed by atoms with Crippen LogP contribution in [-0.2, 0) is 0 Å². The van der Waals surface area contributed by atoms with Gasteiger partial charge in [-0.25, -0.2) is 4.98 Å². The highest BCUT2D eigenvalue weighted by molar-refractivity contribution is 6.32. The van der Waals surface area contributed by atoms with Crippen molar-refractivity contribution < 1.29 is 0 Å². The summed E-state index contributed by atoms with van der Waals surface area (Å²) in [5, 5.41) is 4.99. The zero-order valence-corrected chi connectivity index (χ0v) is 14.3. The molecule has 0 bridgehead atoms. The van der Waals surface area contributed by atoms with Crippen molar-refractivity contribution >= 4 is 39.6 Å². The van der Waals surface area contributed by atoms with Gasteiger partial charge in [-0.15, -0.1) is 0 Å². The third-order valence-electron chi connectivity index (χ3n) is 4.40. The molecule has 3 heterocycles. The lowest BCUT2D eigenvalue weighted by atomic mass is 10.1. The number of nitrogens with one attached hydrogen (secondary N) is 1. The molecule has 0 amide bonds. The third-order valence-corrected chi connectivity index (χ3v) is 4.70. The normalized spacial score (nSPS) is 14.3. The monoisotopic (exact) mass is 338 g/mol. The van der Waals surface area contributed by atoms with E-state index in [0.717, 1.165) is 35.7 Å². The zero-order chi connectivity index (χ0) is 16.5. The molecule has 1 aromatic carbocycles. The van der Waals surface area contributed by atoms with Crippen molar-refractivity contribution in [2.45, 2.75) is 19.8 Å². The van der Waals surface area contributed by atoms with Crippen LogP contribution in [-0.4, -0.2) is 23.1 Å². The van der Waals surface area contributed by atoms with Crippen molar-refractivity contribution in [1.29, 1.82) is 0 Å². The van der Waals surface area contributed by atoms with E-state index in [9.17, 15) is 0 Å². The third kappa shape index (κ3) is 2.89. The van der Waals surface area contributed by atoms with E-state index in [2.05, 4.69) is 46.4 Å². The first-order chi connectivity index (χ1) is 11.7. The smallest absolute Gasteiger partial charge is 0.152 e. The summed E-state index contributed by atoms with van der Waals surface area (Å²) >= 11 is 6.13. The lowest BCUT2D eigenvalue weighted by Gasteiger charge is -2.20. The van der Waals surface area contributed by atoms with E-state index >= 15 is 0 Å². The summed E-state index contributed by atoms with van der Waals surface area (Å²) in [6, 6.07) is 12.3. The van der Waals surface area contributed by atoms with Crippen molar-refractivity contribution in [3.63, 3.8) is 0 Å². The molecule has 5 heteroatoms. The minimum Gasteiger partial charge on any atom is -0.371 e. The number of fused-ring (bicyclic) bond motifs is 1. The Balaban J connectivity index is 1.74. The highest BCUT2D eigenvalue weighted by atomic mass is 35.5. The molecule has 0 atom stereocenters. The first kappa shape index (κ1) is 15.2. The summed E-state index contributed by atoms with van der Waals surface area (Å²) in [5.41, 5.74) is 5.10. The number of aromatic nitrogens is 2. The van der Waals surface area contributed by atoms with Gasteiger partial charge in [0.2, 0.25) is 0 Å². The van der Waals surface area contributed by atoms with Gasteiger partial charge in [0.15, 0.2) is 5.15 Å². The number of aryl methyl sites for hydroxylation is 1. The fraction of sp³-hybridized carbons (Fsp3) is 0.263. The van der Waals surface area contributed by atoms with E-state index in [1.165, 1.54) is 23.9 Å². The van der Waals surface area contributed by atoms with Crippen LogP contribution < -0.4 is 10.2 Å². The van der Waals surface area contributed by atoms with Crippen LogP contribution in [0.15, 0.2) is 42.6 Å². The van der Waals surface area contributed by atoms with Gasteiger partial charge in [-0.05, 0) is 56.2 Å². The van der Waals surface area contributed by atoms with Crippen LogP contribution in [0, 0.1) is 6.92 Å². The Morgan fingerprint density at radius 3 is 2.75 bits per heavy atom. The van der Waals surface area contributed by atoms with Crippen molar-refractivity contribution in [2.75, 3.05) is 23.3 Å². The molecule has 0 spiro atoms. The number of hydrogen-bond acceptors (Lipinski definition) is 4. The maximum Gasteiger partial charge on any atom is 0.152 e. The van der Waals surface area contributed by atoms with E-state index in [4.69, 9.17) is 16.6 Å². The van der Waals surface area contributed by atoms with E-state index in [1.807, 2.05) is 12.1 Å². The second kappa shape index (κ2) is 6.29. The van der Waals surface area contributed by atoms with E-state index in [1.54, 1.807) is 6.20 Å². The van der Waals surface area contributed by atoms with Crippen LogP contribution in [0.4, 0.5) is 17.1 Å². The average Bonchev–Trinajstić information content (AvgIpc) is 3.10. The molecule has 2 aromatic heterocycles. The molecule has 1 saturated heterocycles. The van der Waals surface area contributed by atoms with Gasteiger partial charge in [0.1, 0.15) is 0 Å². The standard InChI is InChI=1S/C19H19ClN4/c1-13-11-18(24-9-2-3-10-24)15-7-6-14(12-17(15)22-13)23-16-5-4-8-21-19(16)20/h4-8,11-12,23H,2-3,9-10H2,1H3. The summed E-state index contributed by atoms with van der Waals surface area (Å²) < 4.78 is 0. The predicted molar refractivity (Wildman–Crippen MR) is 100 cm³/mol. The van der Waals surface area contributed by atoms with Gasteiger partial charge in [-0.1, -0.05) is 11.6 Å². The maximum absolute atomic E-state index is 6.13. The van der Waals surface area contributed by atoms with E-state index in [-0.39, 0.29) is 0 Å². The topological polar surface area (TPSA) is 41.0 Å². The molecule has 0 saturated carbocycles. The second-order valence-corrected chi connectivity index (χ2v) is 6.53.